The van der Waals surface area contributed by atoms with Gasteiger partial charge in [0.15, 0.2) is 0 Å². The number of anilines is 1. The average molecular weight is 189 g/mol. The van der Waals surface area contributed by atoms with Crippen LogP contribution in [0.25, 0.3) is 0 Å². The first-order valence-corrected chi connectivity index (χ1v) is 3.83. The van der Waals surface area contributed by atoms with E-state index in [1.165, 1.54) is 7.11 Å². The lowest BCUT2D eigenvalue weighted by Crippen LogP contribution is -2.04. The topological polar surface area (TPSA) is 59.9 Å². The van der Waals surface area contributed by atoms with Crippen molar-refractivity contribution in [2.45, 2.75) is 6.92 Å². The molecule has 0 aliphatic rings. The Kier molecular flexibility index (Phi) is 3.04. The summed E-state index contributed by atoms with van der Waals surface area (Å²) in [6.45, 7) is 2.66. The molecule has 66 valence electrons. The minimum Gasteiger partial charge on any atom is -0.467 e. The fourth-order valence-corrected chi connectivity index (χ4v) is 0.813. The van der Waals surface area contributed by atoms with Gasteiger partial charge < -0.3 is 10.1 Å². The molecule has 0 amide bonds. The summed E-state index contributed by atoms with van der Waals surface area (Å²) in [6.07, 6.45) is 0. The van der Waals surface area contributed by atoms with E-state index >= 15 is 0 Å². The Hall–Kier alpha value is -1.10. The fourth-order valence-electron chi connectivity index (χ4n) is 0.660. The molecule has 0 spiro atoms. The highest BCUT2D eigenvalue weighted by Crippen LogP contribution is 2.09. The smallest absolute Gasteiger partial charge is 0.322 e. The van der Waals surface area contributed by atoms with Gasteiger partial charge in [0, 0.05) is 6.54 Å². The summed E-state index contributed by atoms with van der Waals surface area (Å²) < 4.78 is 4.80. The van der Waals surface area contributed by atoms with Crippen molar-refractivity contribution in [3.63, 3.8) is 0 Å². The van der Waals surface area contributed by atoms with Gasteiger partial charge in [-0.15, -0.1) is 0 Å². The molecule has 0 bridgehead atoms. The summed E-state index contributed by atoms with van der Waals surface area (Å²) in [5.41, 5.74) is 0. The minimum absolute atomic E-state index is 0.123. The summed E-state index contributed by atoms with van der Waals surface area (Å²) in [4.78, 5) is 11.4. The molecule has 0 fully saturated rings. The van der Waals surface area contributed by atoms with Crippen LogP contribution in [0.4, 0.5) is 5.95 Å². The molecule has 5 nitrogen and oxygen atoms in total. The quantitative estimate of drug-likeness (QED) is 0.766. The van der Waals surface area contributed by atoms with Crippen molar-refractivity contribution in [3.05, 3.63) is 5.28 Å². The largest absolute Gasteiger partial charge is 0.467 e. The number of hydrogen-bond acceptors (Lipinski definition) is 5. The molecule has 0 saturated heterocycles. The van der Waals surface area contributed by atoms with Crippen LogP contribution in [-0.2, 0) is 0 Å². The molecule has 0 aliphatic carbocycles. The third kappa shape index (κ3) is 2.20. The van der Waals surface area contributed by atoms with Crippen LogP contribution in [0.5, 0.6) is 6.01 Å². The molecule has 1 aromatic heterocycles. The van der Waals surface area contributed by atoms with Gasteiger partial charge in [-0.3, -0.25) is 0 Å². The molecule has 0 aliphatic heterocycles. The summed E-state index contributed by atoms with van der Waals surface area (Å²) in [5.74, 6) is 0.425. The molecule has 0 aromatic carbocycles. The third-order valence-electron chi connectivity index (χ3n) is 1.11. The third-order valence-corrected chi connectivity index (χ3v) is 1.27. The van der Waals surface area contributed by atoms with Crippen LogP contribution in [-0.4, -0.2) is 28.6 Å². The van der Waals surface area contributed by atoms with Crippen molar-refractivity contribution in [1.29, 1.82) is 0 Å². The number of ether oxygens (including phenoxy) is 1. The normalized spacial score (nSPS) is 9.58. The van der Waals surface area contributed by atoms with Crippen molar-refractivity contribution in [2.75, 3.05) is 19.0 Å². The predicted molar refractivity (Wildman–Crippen MR) is 45.6 cm³/mol. The van der Waals surface area contributed by atoms with Crippen LogP contribution >= 0.6 is 11.6 Å². The zero-order valence-corrected chi connectivity index (χ0v) is 7.59. The van der Waals surface area contributed by atoms with E-state index in [2.05, 4.69) is 20.3 Å². The zero-order valence-electron chi connectivity index (χ0n) is 6.83. The van der Waals surface area contributed by atoms with Gasteiger partial charge in [-0.25, -0.2) is 0 Å². The van der Waals surface area contributed by atoms with Crippen LogP contribution in [0.2, 0.25) is 5.28 Å². The summed E-state index contributed by atoms with van der Waals surface area (Å²) in [7, 11) is 1.47. The van der Waals surface area contributed by atoms with Crippen LogP contribution in [0.15, 0.2) is 0 Å². The second-order valence-electron chi connectivity index (χ2n) is 1.95. The van der Waals surface area contributed by atoms with Crippen molar-refractivity contribution < 1.29 is 4.74 Å². The van der Waals surface area contributed by atoms with Crippen molar-refractivity contribution in [3.8, 4) is 6.01 Å². The number of nitrogens with zero attached hydrogens (tertiary/aromatic N) is 3. The lowest BCUT2D eigenvalue weighted by atomic mass is 10.7. The van der Waals surface area contributed by atoms with E-state index in [1.54, 1.807) is 0 Å². The summed E-state index contributed by atoms with van der Waals surface area (Å²) >= 11 is 5.58. The Labute approximate surface area is 75.2 Å². The number of hydrogen-bond donors (Lipinski definition) is 1. The van der Waals surface area contributed by atoms with Gasteiger partial charge >= 0.3 is 6.01 Å². The first-order chi connectivity index (χ1) is 5.76. The van der Waals surface area contributed by atoms with E-state index < -0.39 is 0 Å². The molecular weight excluding hydrogens is 180 g/mol. The van der Waals surface area contributed by atoms with Gasteiger partial charge in [-0.2, -0.15) is 15.0 Å². The Morgan fingerprint density at radius 3 is 2.75 bits per heavy atom. The molecule has 1 N–H and O–H groups in total. The highest BCUT2D eigenvalue weighted by Gasteiger charge is 2.02. The average Bonchev–Trinajstić information content (AvgIpc) is 2.04. The van der Waals surface area contributed by atoms with Gasteiger partial charge in [0.2, 0.25) is 11.2 Å². The number of rotatable bonds is 3. The fraction of sp³-hybridized carbons (Fsp3) is 0.500. The Balaban J connectivity index is 2.90. The lowest BCUT2D eigenvalue weighted by molar-refractivity contribution is 0.379. The molecule has 0 saturated carbocycles. The van der Waals surface area contributed by atoms with Crippen LogP contribution in [0.1, 0.15) is 6.92 Å². The van der Waals surface area contributed by atoms with Gasteiger partial charge in [0.05, 0.1) is 7.11 Å². The first kappa shape index (κ1) is 8.99. The van der Waals surface area contributed by atoms with Gasteiger partial charge in [-0.1, -0.05) is 0 Å². The monoisotopic (exact) mass is 188 g/mol. The van der Waals surface area contributed by atoms with Crippen LogP contribution < -0.4 is 10.1 Å². The maximum Gasteiger partial charge on any atom is 0.322 e. The molecule has 1 rings (SSSR count). The molecule has 6 heteroatoms. The molecule has 12 heavy (non-hydrogen) atoms. The number of methoxy groups -OCH3 is 1. The molecular formula is C6H9ClN4O. The SMILES string of the molecule is CCNc1nc(Cl)nc(OC)n1. The molecule has 0 radical (unpaired) electrons. The highest BCUT2D eigenvalue weighted by atomic mass is 35.5. The zero-order chi connectivity index (χ0) is 8.97. The first-order valence-electron chi connectivity index (χ1n) is 3.45. The van der Waals surface area contributed by atoms with E-state index in [9.17, 15) is 0 Å². The van der Waals surface area contributed by atoms with E-state index in [4.69, 9.17) is 16.3 Å². The van der Waals surface area contributed by atoms with Crippen LogP contribution in [0.3, 0.4) is 0 Å². The molecule has 0 atom stereocenters. The van der Waals surface area contributed by atoms with Crippen molar-refractivity contribution >= 4 is 17.5 Å². The maximum absolute atomic E-state index is 5.58. The van der Waals surface area contributed by atoms with E-state index in [1.807, 2.05) is 6.92 Å². The van der Waals surface area contributed by atoms with Crippen LogP contribution in [0, 0.1) is 0 Å². The van der Waals surface area contributed by atoms with Crippen molar-refractivity contribution in [1.82, 2.24) is 15.0 Å². The second kappa shape index (κ2) is 4.06. The standard InChI is InChI=1S/C6H9ClN4O/c1-3-8-5-9-4(7)10-6(11-5)12-2/h3H2,1-2H3,(H,8,9,10,11). The summed E-state index contributed by atoms with van der Waals surface area (Å²) in [5, 5.41) is 3.02. The Morgan fingerprint density at radius 1 is 1.42 bits per heavy atom. The Morgan fingerprint density at radius 2 is 2.17 bits per heavy atom. The van der Waals surface area contributed by atoms with Gasteiger partial charge in [0.25, 0.3) is 0 Å². The van der Waals surface area contributed by atoms with Gasteiger partial charge in [-0.05, 0) is 18.5 Å². The highest BCUT2D eigenvalue weighted by molar-refractivity contribution is 6.28. The number of halogens is 1. The lowest BCUT2D eigenvalue weighted by Gasteiger charge is -2.02. The van der Waals surface area contributed by atoms with E-state index in [-0.39, 0.29) is 11.3 Å². The van der Waals surface area contributed by atoms with E-state index in [0.717, 1.165) is 6.54 Å². The number of nitrogens with one attached hydrogen (secondary N) is 1. The molecule has 1 aromatic rings. The second-order valence-corrected chi connectivity index (χ2v) is 2.28. The number of aromatic nitrogens is 3. The summed E-state index contributed by atoms with van der Waals surface area (Å²) in [6, 6.07) is 0.214. The van der Waals surface area contributed by atoms with Crippen molar-refractivity contribution in [2.24, 2.45) is 0 Å². The molecule has 0 unspecified atom stereocenters. The minimum atomic E-state index is 0.123. The maximum atomic E-state index is 5.58. The molecule has 1 heterocycles. The van der Waals surface area contributed by atoms with E-state index in [0.29, 0.717) is 5.95 Å². The van der Waals surface area contributed by atoms with Gasteiger partial charge in [0.1, 0.15) is 0 Å². The Bertz CT molecular complexity index is 268. The predicted octanol–water partition coefficient (Wildman–Crippen LogP) is 0.965.